The first-order valence-corrected chi connectivity index (χ1v) is 24.3. The number of nitrogens with one attached hydrogen (secondary N) is 2. The number of nitrogens with zero attached hydrogens (tertiary/aromatic N) is 2. The third kappa shape index (κ3) is 8.11. The van der Waals surface area contributed by atoms with Gasteiger partial charge in [0.05, 0.1) is 42.4 Å². The second-order valence-electron chi connectivity index (χ2n) is 14.4. The van der Waals surface area contributed by atoms with Crippen molar-refractivity contribution in [3.63, 3.8) is 0 Å². The van der Waals surface area contributed by atoms with Gasteiger partial charge in [-0.3, -0.25) is 0 Å². The monoisotopic (exact) mass is 930 g/mol. The van der Waals surface area contributed by atoms with Crippen LogP contribution in [0, 0.1) is 0 Å². The Kier molecular flexibility index (Phi) is 10.2. The molecule has 3 aromatic heterocycles. The van der Waals surface area contributed by atoms with Crippen LogP contribution in [-0.2, 0) is 40.5 Å². The Hall–Kier alpha value is -6.88. The normalized spacial score (nSPS) is 13.1. The first-order chi connectivity index (χ1) is 30.2. The lowest BCUT2D eigenvalue weighted by atomic mass is 10.0. The van der Waals surface area contributed by atoms with E-state index in [0.717, 1.165) is 12.1 Å². The summed E-state index contributed by atoms with van der Waals surface area (Å²) in [6.45, 7) is 0. The Morgan fingerprint density at radius 1 is 0.297 bits per heavy atom. The van der Waals surface area contributed by atoms with Crippen LogP contribution >= 0.6 is 0 Å². The van der Waals surface area contributed by atoms with E-state index in [2.05, 4.69) is 9.97 Å². The van der Waals surface area contributed by atoms with E-state index in [9.17, 15) is 51.9 Å². The quantitative estimate of drug-likeness (QED) is 0.146. The van der Waals surface area contributed by atoms with Gasteiger partial charge in [0.15, 0.2) is 0 Å². The van der Waals surface area contributed by atoms with Crippen LogP contribution in [0.3, 0.4) is 0 Å². The molecule has 9 rings (SSSR count). The van der Waals surface area contributed by atoms with Crippen LogP contribution in [0.15, 0.2) is 141 Å². The average molecular weight is 931 g/mol. The molecule has 2 N–H and O–H groups in total. The fraction of sp³-hybridized carbons (Fsp3) is 0. The van der Waals surface area contributed by atoms with Crippen LogP contribution in [-0.4, -0.2) is 71.8 Å². The summed E-state index contributed by atoms with van der Waals surface area (Å²) in [7, 11) is -19.2. The van der Waals surface area contributed by atoms with Gasteiger partial charge in [-0.25, -0.2) is 43.6 Å². The lowest BCUT2D eigenvalue weighted by molar-refractivity contribution is 0.461. The minimum Gasteiger partial charge on any atom is -0.744 e. The van der Waals surface area contributed by atoms with E-state index in [4.69, 9.17) is 9.97 Å². The predicted octanol–water partition coefficient (Wildman–Crippen LogP) is 6.94. The molecule has 8 bridgehead atoms. The number of H-pyrrole nitrogens is 2. The Morgan fingerprint density at radius 2 is 0.516 bits per heavy atom. The largest absolute Gasteiger partial charge is 0.744 e. The Bertz CT molecular complexity index is 3610. The van der Waals surface area contributed by atoms with E-state index in [1.54, 1.807) is 48.6 Å². The van der Waals surface area contributed by atoms with Gasteiger partial charge >= 0.3 is 0 Å². The predicted molar refractivity (Wildman–Crippen MR) is 232 cm³/mol. The number of aromatic amines is 2. The van der Waals surface area contributed by atoms with Crippen LogP contribution in [0.1, 0.15) is 22.8 Å². The van der Waals surface area contributed by atoms with Crippen molar-refractivity contribution in [1.82, 2.24) is 19.9 Å². The van der Waals surface area contributed by atoms with E-state index in [1.807, 2.05) is 0 Å². The molecule has 0 saturated carbocycles. The third-order valence-electron chi connectivity index (χ3n) is 10.5. The summed E-state index contributed by atoms with van der Waals surface area (Å²) >= 11 is 0. The van der Waals surface area contributed by atoms with Crippen molar-refractivity contribution in [1.29, 1.82) is 0 Å². The molecule has 0 fully saturated rings. The van der Waals surface area contributed by atoms with Gasteiger partial charge in [0.1, 0.15) is 40.5 Å². The molecule has 2 aliphatic rings. The highest BCUT2D eigenvalue weighted by Gasteiger charge is 2.20. The molecule has 16 nitrogen and oxygen atoms in total. The Balaban J connectivity index is 1.44. The number of benzene rings is 4. The standard InChI is InChI=1S/C44H30N4O12S4/c49-61(50,51)29-9-1-25(2-10-29)41-33-17-19-35(45-33)42(26-3-11-30(12-4-26)62(52,53)54)37-21-23-39(47-37)44(28-7-15-32(16-8-28)64(58,59)60)40-24-22-38(48-40)43(36-20-18-34(41)46-36)27-5-13-31(14-6-27)63(55,56)57/h1-24,45-46H,(H,49,50,51)(H,52,53,54)(H,55,56,57)(H,58,59,60)/p-4. The molecule has 4 aromatic carbocycles. The molecule has 5 heterocycles. The summed E-state index contributed by atoms with van der Waals surface area (Å²) < 4.78 is 143. The van der Waals surface area contributed by atoms with Gasteiger partial charge in [-0.2, -0.15) is 0 Å². The molecular formula is C44H26N4O12S4-4. The molecule has 0 spiro atoms. The Morgan fingerprint density at radius 3 is 0.781 bits per heavy atom. The number of rotatable bonds is 8. The maximum Gasteiger partial charge on any atom is 0.124 e. The van der Waals surface area contributed by atoms with Crippen molar-refractivity contribution in [2.75, 3.05) is 0 Å². The summed E-state index contributed by atoms with van der Waals surface area (Å²) in [5.41, 5.74) is 6.76. The smallest absolute Gasteiger partial charge is 0.124 e. The maximum absolute atomic E-state index is 11.9. The van der Waals surface area contributed by atoms with Crippen LogP contribution in [0.4, 0.5) is 0 Å². The van der Waals surface area contributed by atoms with Crippen molar-refractivity contribution < 1.29 is 51.9 Å². The van der Waals surface area contributed by atoms with Gasteiger partial charge in [-0.1, -0.05) is 48.5 Å². The lowest BCUT2D eigenvalue weighted by Gasteiger charge is -2.10. The second-order valence-corrected chi connectivity index (χ2v) is 19.9. The van der Waals surface area contributed by atoms with Crippen molar-refractivity contribution in [2.45, 2.75) is 19.6 Å². The molecule has 7 aromatic rings. The van der Waals surface area contributed by atoms with Crippen molar-refractivity contribution in [3.05, 3.63) is 144 Å². The lowest BCUT2D eigenvalue weighted by Crippen LogP contribution is -1.98. The van der Waals surface area contributed by atoms with Crippen molar-refractivity contribution >= 4 is 86.8 Å². The summed E-state index contributed by atoms with van der Waals surface area (Å²) in [4.78, 5) is 15.0. The van der Waals surface area contributed by atoms with Crippen molar-refractivity contribution in [2.24, 2.45) is 0 Å². The minimum atomic E-state index is -4.81. The summed E-state index contributed by atoms with van der Waals surface area (Å²) in [5, 5.41) is 0. The molecule has 0 aliphatic carbocycles. The zero-order valence-corrected chi connectivity index (χ0v) is 35.5. The van der Waals surface area contributed by atoms with Gasteiger partial charge < -0.3 is 28.2 Å². The van der Waals surface area contributed by atoms with E-state index in [-0.39, 0.29) is 0 Å². The van der Waals surface area contributed by atoms with Crippen LogP contribution in [0.5, 0.6) is 0 Å². The molecule has 322 valence electrons. The minimum absolute atomic E-state index is 0.335. The molecule has 0 unspecified atom stereocenters. The van der Waals surface area contributed by atoms with Gasteiger partial charge in [0, 0.05) is 44.3 Å². The van der Waals surface area contributed by atoms with Crippen molar-refractivity contribution in [3.8, 4) is 44.5 Å². The zero-order valence-electron chi connectivity index (χ0n) is 32.3. The van der Waals surface area contributed by atoms with Crippen LogP contribution in [0.25, 0.3) is 90.9 Å². The number of aromatic nitrogens is 4. The molecule has 20 heteroatoms. The summed E-state index contributed by atoms with van der Waals surface area (Å²) in [6, 6.07) is 27.9. The molecule has 2 aliphatic heterocycles. The highest BCUT2D eigenvalue weighted by Crippen LogP contribution is 2.39. The fourth-order valence-corrected chi connectivity index (χ4v) is 9.45. The highest BCUT2D eigenvalue weighted by atomic mass is 32.2. The average Bonchev–Trinajstić information content (AvgIpc) is 4.08. The molecule has 0 atom stereocenters. The van der Waals surface area contributed by atoms with Gasteiger partial charge in [-0.15, -0.1) is 0 Å². The molecular weight excluding hydrogens is 905 g/mol. The Labute approximate surface area is 365 Å². The number of hydrogen-bond acceptors (Lipinski definition) is 14. The number of hydrogen-bond donors (Lipinski definition) is 2. The summed E-state index contributed by atoms with van der Waals surface area (Å²) in [5.74, 6) is 0. The van der Waals surface area contributed by atoms with Gasteiger partial charge in [0.2, 0.25) is 0 Å². The summed E-state index contributed by atoms with van der Waals surface area (Å²) in [6.07, 6.45) is 6.74. The van der Waals surface area contributed by atoms with Crippen LogP contribution < -0.4 is 0 Å². The topological polar surface area (TPSA) is 286 Å². The van der Waals surface area contributed by atoms with Crippen LogP contribution in [0.2, 0.25) is 0 Å². The molecule has 0 radical (unpaired) electrons. The zero-order chi connectivity index (χ0) is 45.3. The maximum atomic E-state index is 11.9. The van der Waals surface area contributed by atoms with E-state index >= 15 is 0 Å². The first-order valence-electron chi connectivity index (χ1n) is 18.6. The SMILES string of the molecule is O=S(=O)([O-])c1ccc(-c2c3nc(c(-c4ccc(S(=O)(=O)[O-])cc4)c4ccc([nH]4)c(-c4ccc(S(=O)(=O)[O-])cc4)c4ccc([nH]4)c(-c4ccc(S(=O)(=O)[O-])cc4)c4nc2C=C4)C=C3)cc1. The first kappa shape index (κ1) is 42.4. The van der Waals surface area contributed by atoms with E-state index < -0.39 is 60.1 Å². The van der Waals surface area contributed by atoms with Gasteiger partial charge in [-0.05, 0) is 119 Å². The number of fused-ring (bicyclic) bond motifs is 8. The fourth-order valence-electron chi connectivity index (χ4n) is 7.57. The molecule has 0 saturated heterocycles. The van der Waals surface area contributed by atoms with Gasteiger partial charge in [0.25, 0.3) is 0 Å². The second kappa shape index (κ2) is 15.4. The molecule has 0 amide bonds. The third-order valence-corrected chi connectivity index (χ3v) is 13.9. The van der Waals surface area contributed by atoms with E-state index in [1.165, 1.54) is 84.9 Å². The molecule has 64 heavy (non-hydrogen) atoms. The van der Waals surface area contributed by atoms with E-state index in [0.29, 0.717) is 89.4 Å². The highest BCUT2D eigenvalue weighted by molar-refractivity contribution is 7.86.